The molecule has 2 aromatic rings. The highest BCUT2D eigenvalue weighted by Crippen LogP contribution is 2.37. The first-order valence-electron chi connectivity index (χ1n) is 9.45. The molecule has 1 amide bonds. The fourth-order valence-electron chi connectivity index (χ4n) is 3.50. The summed E-state index contributed by atoms with van der Waals surface area (Å²) in [4.78, 5) is 28.5. The third-order valence-electron chi connectivity index (χ3n) is 5.00. The molecule has 2 atom stereocenters. The number of carboxylic acids is 1. The molecule has 1 N–H and O–H groups in total. The van der Waals surface area contributed by atoms with E-state index in [9.17, 15) is 18.0 Å². The molecule has 31 heavy (non-hydrogen) atoms. The summed E-state index contributed by atoms with van der Waals surface area (Å²) in [6.45, 7) is 3.92. The number of thiophene rings is 1. The minimum absolute atomic E-state index is 0.00146. The van der Waals surface area contributed by atoms with Crippen molar-refractivity contribution >= 4 is 23.2 Å². The molecule has 4 rings (SSSR count). The number of hydrogen-bond acceptors (Lipinski definition) is 6. The standard InChI is InChI=1S/C18H20N2O3S.C2HF3O2/c1-13-5-9-24-16(13)17(21)20-8-6-18(12-20)10-14(11-22-18)23-15-4-2-3-7-19-15;3-2(4,5)1(6)7/h2-5,7,9,14H,6,8,10-12H2,1H3;(H,6,7)/t14-,18+;/m1./s1. The van der Waals surface area contributed by atoms with Gasteiger partial charge in [0.25, 0.3) is 5.91 Å². The predicted octanol–water partition coefficient (Wildman–Crippen LogP) is 3.54. The number of carbonyl (C=O) groups is 2. The molecule has 7 nitrogen and oxygen atoms in total. The zero-order valence-corrected chi connectivity index (χ0v) is 17.4. The smallest absolute Gasteiger partial charge is 0.475 e. The highest BCUT2D eigenvalue weighted by Gasteiger charge is 2.48. The third-order valence-corrected chi connectivity index (χ3v) is 6.01. The van der Waals surface area contributed by atoms with Crippen LogP contribution in [0.15, 0.2) is 35.8 Å². The Morgan fingerprint density at radius 3 is 2.68 bits per heavy atom. The molecule has 2 aliphatic heterocycles. The average Bonchev–Trinajstić information content (AvgIpc) is 3.43. The van der Waals surface area contributed by atoms with Crippen molar-refractivity contribution in [1.82, 2.24) is 9.88 Å². The molecule has 2 aliphatic rings. The number of pyridine rings is 1. The van der Waals surface area contributed by atoms with E-state index in [0.29, 0.717) is 19.0 Å². The fourth-order valence-corrected chi connectivity index (χ4v) is 4.40. The number of carboxylic acid groups (broad SMARTS) is 1. The van der Waals surface area contributed by atoms with Gasteiger partial charge in [0.05, 0.1) is 23.6 Å². The molecule has 2 fully saturated rings. The molecule has 168 valence electrons. The minimum Gasteiger partial charge on any atom is -0.475 e. The number of carbonyl (C=O) groups excluding carboxylic acids is 1. The zero-order chi connectivity index (χ0) is 22.6. The number of halogens is 3. The summed E-state index contributed by atoms with van der Waals surface area (Å²) in [5.41, 5.74) is 0.787. The van der Waals surface area contributed by atoms with E-state index in [0.717, 1.165) is 29.8 Å². The number of ether oxygens (including phenoxy) is 2. The number of aryl methyl sites for hydroxylation is 1. The number of aliphatic carboxylic acids is 1. The highest BCUT2D eigenvalue weighted by atomic mass is 32.1. The molecule has 2 aromatic heterocycles. The van der Waals surface area contributed by atoms with Crippen LogP contribution >= 0.6 is 11.3 Å². The van der Waals surface area contributed by atoms with E-state index in [4.69, 9.17) is 19.4 Å². The van der Waals surface area contributed by atoms with Crippen molar-refractivity contribution in [2.24, 2.45) is 0 Å². The van der Waals surface area contributed by atoms with Crippen molar-refractivity contribution in [2.45, 2.75) is 37.6 Å². The second kappa shape index (κ2) is 9.23. The highest BCUT2D eigenvalue weighted by molar-refractivity contribution is 7.12. The lowest BCUT2D eigenvalue weighted by atomic mass is 9.98. The van der Waals surface area contributed by atoms with Crippen LogP contribution in [0.2, 0.25) is 0 Å². The van der Waals surface area contributed by atoms with Crippen LogP contribution in [-0.2, 0) is 9.53 Å². The normalized spacial score (nSPS) is 22.8. The first kappa shape index (κ1) is 23.0. The third kappa shape index (κ3) is 5.73. The van der Waals surface area contributed by atoms with E-state index in [-0.39, 0.29) is 17.6 Å². The summed E-state index contributed by atoms with van der Waals surface area (Å²) in [7, 11) is 0. The zero-order valence-electron chi connectivity index (χ0n) is 16.6. The molecule has 11 heteroatoms. The Labute approximate surface area is 180 Å². The van der Waals surface area contributed by atoms with E-state index in [1.807, 2.05) is 41.5 Å². The van der Waals surface area contributed by atoms with Gasteiger partial charge in [-0.05, 0) is 36.4 Å². The maximum Gasteiger partial charge on any atom is 0.490 e. The summed E-state index contributed by atoms with van der Waals surface area (Å²) in [5, 5.41) is 9.09. The fraction of sp³-hybridized carbons (Fsp3) is 0.450. The summed E-state index contributed by atoms with van der Waals surface area (Å²) in [6.07, 6.45) is -1.69. The van der Waals surface area contributed by atoms with Gasteiger partial charge in [0.2, 0.25) is 5.88 Å². The average molecular weight is 458 g/mol. The van der Waals surface area contributed by atoms with Crippen LogP contribution in [0.4, 0.5) is 13.2 Å². The van der Waals surface area contributed by atoms with Gasteiger partial charge in [-0.25, -0.2) is 9.78 Å². The van der Waals surface area contributed by atoms with Crippen LogP contribution in [0.3, 0.4) is 0 Å². The topological polar surface area (TPSA) is 89.0 Å². The van der Waals surface area contributed by atoms with Gasteiger partial charge < -0.3 is 19.5 Å². The van der Waals surface area contributed by atoms with Crippen molar-refractivity contribution < 1.29 is 37.3 Å². The van der Waals surface area contributed by atoms with E-state index in [1.54, 1.807) is 6.20 Å². The Morgan fingerprint density at radius 2 is 2.10 bits per heavy atom. The number of aromatic nitrogens is 1. The Balaban J connectivity index is 0.000000339. The van der Waals surface area contributed by atoms with E-state index in [1.165, 1.54) is 11.3 Å². The number of rotatable bonds is 3. The Hall–Kier alpha value is -2.66. The molecule has 0 aromatic carbocycles. The van der Waals surface area contributed by atoms with Crippen LogP contribution in [0.25, 0.3) is 0 Å². The van der Waals surface area contributed by atoms with Crippen molar-refractivity contribution in [3.8, 4) is 5.88 Å². The summed E-state index contributed by atoms with van der Waals surface area (Å²) >= 11 is 1.51. The second-order valence-electron chi connectivity index (χ2n) is 7.32. The van der Waals surface area contributed by atoms with Gasteiger partial charge in [-0.2, -0.15) is 13.2 Å². The number of alkyl halides is 3. The van der Waals surface area contributed by atoms with Crippen LogP contribution in [0, 0.1) is 6.92 Å². The van der Waals surface area contributed by atoms with Gasteiger partial charge in [-0.3, -0.25) is 4.79 Å². The SMILES string of the molecule is Cc1ccsc1C(=O)N1CC[C@]2(C[C@@H](Oc3ccccn3)CO2)C1.O=C(O)C(F)(F)F. The predicted molar refractivity (Wildman–Crippen MR) is 105 cm³/mol. The Kier molecular flexibility index (Phi) is 6.85. The number of nitrogens with zero attached hydrogens (tertiary/aromatic N) is 2. The van der Waals surface area contributed by atoms with Gasteiger partial charge in [-0.15, -0.1) is 11.3 Å². The van der Waals surface area contributed by atoms with Gasteiger partial charge in [0, 0.05) is 25.2 Å². The van der Waals surface area contributed by atoms with Gasteiger partial charge in [0.1, 0.15) is 6.10 Å². The maximum absolute atomic E-state index is 12.7. The maximum atomic E-state index is 12.7. The summed E-state index contributed by atoms with van der Waals surface area (Å²) in [5.74, 6) is -2.01. The van der Waals surface area contributed by atoms with Crippen molar-refractivity contribution in [3.05, 3.63) is 46.3 Å². The lowest BCUT2D eigenvalue weighted by Crippen LogP contribution is -2.36. The Morgan fingerprint density at radius 1 is 1.35 bits per heavy atom. The van der Waals surface area contributed by atoms with Crippen molar-refractivity contribution in [1.29, 1.82) is 0 Å². The largest absolute Gasteiger partial charge is 0.490 e. The van der Waals surface area contributed by atoms with Crippen LogP contribution in [0.5, 0.6) is 5.88 Å². The summed E-state index contributed by atoms with van der Waals surface area (Å²) < 4.78 is 43.7. The van der Waals surface area contributed by atoms with E-state index >= 15 is 0 Å². The second-order valence-corrected chi connectivity index (χ2v) is 8.23. The van der Waals surface area contributed by atoms with E-state index in [2.05, 4.69) is 4.98 Å². The molecule has 4 heterocycles. The van der Waals surface area contributed by atoms with Crippen molar-refractivity contribution in [2.75, 3.05) is 19.7 Å². The molecule has 0 bridgehead atoms. The number of amides is 1. The lowest BCUT2D eigenvalue weighted by Gasteiger charge is -2.23. The quantitative estimate of drug-likeness (QED) is 0.757. The lowest BCUT2D eigenvalue weighted by molar-refractivity contribution is -0.192. The molecular formula is C20H21F3N2O5S. The first-order valence-corrected chi connectivity index (χ1v) is 10.3. The molecular weight excluding hydrogens is 437 g/mol. The number of likely N-dealkylation sites (tertiary alicyclic amines) is 1. The first-order chi connectivity index (χ1) is 14.6. The van der Waals surface area contributed by atoms with Crippen LogP contribution < -0.4 is 4.74 Å². The molecule has 2 saturated heterocycles. The molecule has 0 radical (unpaired) electrons. The molecule has 0 saturated carbocycles. The molecule has 0 unspecified atom stereocenters. The van der Waals surface area contributed by atoms with Crippen LogP contribution in [0.1, 0.15) is 28.1 Å². The molecule has 1 spiro atoms. The van der Waals surface area contributed by atoms with Gasteiger partial charge in [-0.1, -0.05) is 6.07 Å². The van der Waals surface area contributed by atoms with Gasteiger partial charge >= 0.3 is 12.1 Å². The minimum atomic E-state index is -5.08. The monoisotopic (exact) mass is 458 g/mol. The summed E-state index contributed by atoms with van der Waals surface area (Å²) in [6, 6.07) is 7.63. The van der Waals surface area contributed by atoms with Crippen molar-refractivity contribution in [3.63, 3.8) is 0 Å². The van der Waals surface area contributed by atoms with Crippen LogP contribution in [-0.4, -0.2) is 64.4 Å². The Bertz CT molecular complexity index is 921. The number of hydrogen-bond donors (Lipinski definition) is 1. The molecule has 0 aliphatic carbocycles. The van der Waals surface area contributed by atoms with Gasteiger partial charge in [0.15, 0.2) is 0 Å². The van der Waals surface area contributed by atoms with E-state index < -0.39 is 12.1 Å².